The second-order valence-electron chi connectivity index (χ2n) is 5.90. The number of esters is 1. The number of nitrogens with one attached hydrogen (secondary N) is 1. The summed E-state index contributed by atoms with van der Waals surface area (Å²) in [7, 11) is 1.27. The molecule has 6 nitrogen and oxygen atoms in total. The van der Waals surface area contributed by atoms with E-state index >= 15 is 0 Å². The van der Waals surface area contributed by atoms with Crippen molar-refractivity contribution in [3.05, 3.63) is 52.5 Å². The Hall–Kier alpha value is -2.48. The summed E-state index contributed by atoms with van der Waals surface area (Å²) in [5, 5.41) is 6.61. The summed E-state index contributed by atoms with van der Waals surface area (Å²) in [5.41, 5.74) is 0.801. The summed E-state index contributed by atoms with van der Waals surface area (Å²) < 4.78 is 21.1. The molecule has 1 atom stereocenters. The molecule has 0 aliphatic heterocycles. The largest absolute Gasteiger partial charge is 0.467 e. The van der Waals surface area contributed by atoms with Gasteiger partial charge in [-0.15, -0.1) is 0 Å². The normalized spacial score (nSPS) is 12.4. The number of benzene rings is 1. The average Bonchev–Trinajstić information content (AvgIpc) is 3.03. The van der Waals surface area contributed by atoms with Crippen molar-refractivity contribution < 1.29 is 18.7 Å². The Labute approximate surface area is 159 Å². The maximum atomic E-state index is 14.3. The molecule has 26 heavy (non-hydrogen) atoms. The lowest BCUT2D eigenvalue weighted by Crippen LogP contribution is -2.44. The third-order valence-electron chi connectivity index (χ3n) is 3.62. The van der Waals surface area contributed by atoms with Crippen LogP contribution in [0.3, 0.4) is 0 Å². The summed E-state index contributed by atoms with van der Waals surface area (Å²) in [6.45, 7) is 3.60. The molecule has 1 aromatic heterocycles. The summed E-state index contributed by atoms with van der Waals surface area (Å²) in [4.78, 5) is 23.7. The fourth-order valence-electron chi connectivity index (χ4n) is 2.24. The average molecular weight is 424 g/mol. The van der Waals surface area contributed by atoms with Crippen LogP contribution in [0.25, 0.3) is 11.8 Å². The van der Waals surface area contributed by atoms with Crippen molar-refractivity contribution in [2.75, 3.05) is 7.11 Å². The quantitative estimate of drug-likeness (QED) is 0.572. The number of methoxy groups -OCH3 is 1. The number of halogens is 2. The minimum Gasteiger partial charge on any atom is -0.467 e. The first-order chi connectivity index (χ1) is 12.3. The topological polar surface area (TPSA) is 73.2 Å². The molecule has 2 rings (SSSR count). The number of nitrogens with zero attached hydrogens (tertiary/aromatic N) is 2. The van der Waals surface area contributed by atoms with Gasteiger partial charge < -0.3 is 10.1 Å². The van der Waals surface area contributed by atoms with Crippen LogP contribution in [-0.2, 0) is 14.3 Å². The molecule has 0 saturated heterocycles. The molecule has 0 saturated carbocycles. The summed E-state index contributed by atoms with van der Waals surface area (Å²) >= 11 is 3.26. The Kier molecular flexibility index (Phi) is 6.68. The van der Waals surface area contributed by atoms with Gasteiger partial charge in [-0.2, -0.15) is 5.10 Å². The Balaban J connectivity index is 2.09. The van der Waals surface area contributed by atoms with E-state index in [1.54, 1.807) is 38.4 Å². The monoisotopic (exact) mass is 423 g/mol. The summed E-state index contributed by atoms with van der Waals surface area (Å²) in [6, 6.07) is 3.79. The van der Waals surface area contributed by atoms with Gasteiger partial charge in [0, 0.05) is 12.3 Å². The smallest absolute Gasteiger partial charge is 0.328 e. The van der Waals surface area contributed by atoms with E-state index in [1.165, 1.54) is 30.0 Å². The number of rotatable bonds is 6. The number of carbonyl (C=O) groups excluding carboxylic acids is 2. The number of amides is 1. The van der Waals surface area contributed by atoms with E-state index in [-0.39, 0.29) is 5.92 Å². The lowest BCUT2D eigenvalue weighted by molar-refractivity contribution is -0.145. The van der Waals surface area contributed by atoms with Gasteiger partial charge in [-0.05, 0) is 45.6 Å². The molecule has 1 aromatic carbocycles. The minimum absolute atomic E-state index is 0.120. The maximum Gasteiger partial charge on any atom is 0.328 e. The standard InChI is InChI=1S/C18H19BrFN3O3/c1-11(2)17(18(25)26-3)22-16(24)7-5-12-4-6-15(14(20)8-12)23-10-13(19)9-21-23/h4-11,17H,1-3H3,(H,22,24)/b7-5+. The van der Waals surface area contributed by atoms with E-state index in [0.29, 0.717) is 11.3 Å². The van der Waals surface area contributed by atoms with Gasteiger partial charge in [-0.3, -0.25) is 4.79 Å². The molecule has 1 N–H and O–H groups in total. The fourth-order valence-corrected chi connectivity index (χ4v) is 2.53. The fraction of sp³-hybridized carbons (Fsp3) is 0.278. The highest BCUT2D eigenvalue weighted by Crippen LogP contribution is 2.18. The predicted molar refractivity (Wildman–Crippen MR) is 99.0 cm³/mol. The van der Waals surface area contributed by atoms with Crippen LogP contribution in [0.5, 0.6) is 0 Å². The van der Waals surface area contributed by atoms with E-state index in [2.05, 4.69) is 31.1 Å². The first-order valence-corrected chi connectivity index (χ1v) is 8.67. The van der Waals surface area contributed by atoms with Crippen LogP contribution in [0.2, 0.25) is 0 Å². The number of carbonyl (C=O) groups is 2. The van der Waals surface area contributed by atoms with Crippen molar-refractivity contribution >= 4 is 33.9 Å². The summed E-state index contributed by atoms with van der Waals surface area (Å²) in [6.07, 6.45) is 5.91. The van der Waals surface area contributed by atoms with Crippen LogP contribution in [0.15, 0.2) is 41.1 Å². The zero-order valence-electron chi connectivity index (χ0n) is 14.6. The molecule has 0 radical (unpaired) electrons. The van der Waals surface area contributed by atoms with Crippen molar-refractivity contribution in [1.82, 2.24) is 15.1 Å². The SMILES string of the molecule is COC(=O)C(NC(=O)/C=C/c1ccc(-n2cc(Br)cn2)c(F)c1)C(C)C. The first-order valence-electron chi connectivity index (χ1n) is 7.88. The van der Waals surface area contributed by atoms with Gasteiger partial charge in [0.1, 0.15) is 17.5 Å². The molecule has 0 bridgehead atoms. The zero-order chi connectivity index (χ0) is 19.3. The van der Waals surface area contributed by atoms with Gasteiger partial charge in [-0.1, -0.05) is 19.9 Å². The highest BCUT2D eigenvalue weighted by atomic mass is 79.9. The van der Waals surface area contributed by atoms with Gasteiger partial charge in [0.05, 0.1) is 17.8 Å². The van der Waals surface area contributed by atoms with E-state index in [9.17, 15) is 14.0 Å². The number of ether oxygens (including phenoxy) is 1. The van der Waals surface area contributed by atoms with Crippen molar-refractivity contribution in [3.8, 4) is 5.69 Å². The molecule has 0 spiro atoms. The molecule has 8 heteroatoms. The molecule has 1 unspecified atom stereocenters. The van der Waals surface area contributed by atoms with Crippen LogP contribution in [-0.4, -0.2) is 34.8 Å². The Morgan fingerprint density at radius 1 is 1.38 bits per heavy atom. The molecular formula is C18H19BrFN3O3. The maximum absolute atomic E-state index is 14.3. The van der Waals surface area contributed by atoms with Crippen molar-refractivity contribution in [1.29, 1.82) is 0 Å². The second-order valence-corrected chi connectivity index (χ2v) is 6.82. The van der Waals surface area contributed by atoms with Gasteiger partial charge >= 0.3 is 5.97 Å². The Bertz CT molecular complexity index is 833. The molecule has 0 fully saturated rings. The molecule has 138 valence electrons. The second kappa shape index (κ2) is 8.75. The number of hydrogen-bond donors (Lipinski definition) is 1. The predicted octanol–water partition coefficient (Wildman–Crippen LogP) is 3.10. The van der Waals surface area contributed by atoms with Crippen LogP contribution in [0, 0.1) is 11.7 Å². The van der Waals surface area contributed by atoms with E-state index < -0.39 is 23.7 Å². The molecule has 0 aliphatic carbocycles. The lowest BCUT2D eigenvalue weighted by atomic mass is 10.0. The van der Waals surface area contributed by atoms with Crippen LogP contribution >= 0.6 is 15.9 Å². The third-order valence-corrected chi connectivity index (χ3v) is 4.03. The van der Waals surface area contributed by atoms with Crippen LogP contribution in [0.1, 0.15) is 19.4 Å². The van der Waals surface area contributed by atoms with E-state index in [1.807, 2.05) is 0 Å². The lowest BCUT2D eigenvalue weighted by Gasteiger charge is -2.18. The van der Waals surface area contributed by atoms with Crippen molar-refractivity contribution in [2.45, 2.75) is 19.9 Å². The molecule has 1 heterocycles. The Morgan fingerprint density at radius 3 is 2.65 bits per heavy atom. The van der Waals surface area contributed by atoms with E-state index in [0.717, 1.165) is 4.47 Å². The molecule has 1 amide bonds. The van der Waals surface area contributed by atoms with Gasteiger partial charge in [-0.25, -0.2) is 13.9 Å². The van der Waals surface area contributed by atoms with Gasteiger partial charge in [0.15, 0.2) is 0 Å². The molecular weight excluding hydrogens is 405 g/mol. The first kappa shape index (κ1) is 19.8. The highest BCUT2D eigenvalue weighted by Gasteiger charge is 2.23. The highest BCUT2D eigenvalue weighted by molar-refractivity contribution is 9.10. The van der Waals surface area contributed by atoms with Crippen LogP contribution in [0.4, 0.5) is 4.39 Å². The van der Waals surface area contributed by atoms with Crippen molar-refractivity contribution in [3.63, 3.8) is 0 Å². The minimum atomic E-state index is -0.741. The third kappa shape index (κ3) is 5.01. The van der Waals surface area contributed by atoms with E-state index in [4.69, 9.17) is 0 Å². The summed E-state index contributed by atoms with van der Waals surface area (Å²) in [5.74, 6) is -1.57. The Morgan fingerprint density at radius 2 is 2.12 bits per heavy atom. The molecule has 0 aliphatic rings. The number of hydrogen-bond acceptors (Lipinski definition) is 4. The van der Waals surface area contributed by atoms with Crippen molar-refractivity contribution in [2.24, 2.45) is 5.92 Å². The van der Waals surface area contributed by atoms with Crippen LogP contribution < -0.4 is 5.32 Å². The van der Waals surface area contributed by atoms with Gasteiger partial charge in [0.25, 0.3) is 0 Å². The zero-order valence-corrected chi connectivity index (χ0v) is 16.2. The number of aromatic nitrogens is 2. The van der Waals surface area contributed by atoms with Gasteiger partial charge in [0.2, 0.25) is 5.91 Å². The molecule has 2 aromatic rings.